The number of phenols is 1. The van der Waals surface area contributed by atoms with Gasteiger partial charge in [-0.15, -0.1) is 0 Å². The van der Waals surface area contributed by atoms with Crippen LogP contribution in [0.5, 0.6) is 5.75 Å². The number of benzene rings is 2. The first-order chi connectivity index (χ1) is 10.5. The number of carbonyl (C=O) groups is 1. The zero-order valence-electron chi connectivity index (χ0n) is 12.6. The summed E-state index contributed by atoms with van der Waals surface area (Å²) in [6.45, 7) is 4.16. The van der Waals surface area contributed by atoms with Crippen LogP contribution in [0.15, 0.2) is 47.6 Å². The van der Waals surface area contributed by atoms with Crippen LogP contribution in [0.25, 0.3) is 0 Å². The summed E-state index contributed by atoms with van der Waals surface area (Å²) in [4.78, 5) is 11.7. The number of aryl methyl sites for hydroxylation is 2. The van der Waals surface area contributed by atoms with Gasteiger partial charge in [-0.25, -0.2) is 5.43 Å². The number of nitrogens with zero attached hydrogens (tertiary/aromatic N) is 1. The fourth-order valence-corrected chi connectivity index (χ4v) is 2.01. The Bertz CT molecular complexity index is 696. The number of hydrogen-bond acceptors (Lipinski definition) is 4. The second-order valence-electron chi connectivity index (χ2n) is 5.06. The summed E-state index contributed by atoms with van der Waals surface area (Å²) in [5.74, 6) is -0.0804. The van der Waals surface area contributed by atoms with Crippen molar-refractivity contribution in [1.82, 2.24) is 5.43 Å². The van der Waals surface area contributed by atoms with E-state index in [0.717, 1.165) is 11.3 Å². The molecule has 0 aliphatic heterocycles. The van der Waals surface area contributed by atoms with Crippen molar-refractivity contribution in [2.75, 3.05) is 11.9 Å². The highest BCUT2D eigenvalue weighted by Crippen LogP contribution is 2.15. The third-order valence-electron chi connectivity index (χ3n) is 3.09. The summed E-state index contributed by atoms with van der Waals surface area (Å²) >= 11 is 0. The van der Waals surface area contributed by atoms with Crippen molar-refractivity contribution in [3.05, 3.63) is 59.2 Å². The lowest BCUT2D eigenvalue weighted by Gasteiger charge is -2.09. The molecule has 0 aromatic heterocycles. The fourth-order valence-electron chi connectivity index (χ4n) is 2.01. The third-order valence-corrected chi connectivity index (χ3v) is 3.09. The molecular weight excluding hydrogens is 278 g/mol. The maximum atomic E-state index is 11.7. The van der Waals surface area contributed by atoms with Crippen molar-refractivity contribution < 1.29 is 9.90 Å². The second-order valence-corrected chi connectivity index (χ2v) is 5.06. The Kier molecular flexibility index (Phi) is 5.14. The van der Waals surface area contributed by atoms with Crippen LogP contribution in [0.3, 0.4) is 0 Å². The van der Waals surface area contributed by atoms with Crippen LogP contribution < -0.4 is 10.7 Å². The van der Waals surface area contributed by atoms with Crippen molar-refractivity contribution >= 4 is 17.8 Å². The van der Waals surface area contributed by atoms with E-state index in [4.69, 9.17) is 0 Å². The largest absolute Gasteiger partial charge is 0.508 e. The van der Waals surface area contributed by atoms with Gasteiger partial charge in [0.25, 0.3) is 5.91 Å². The summed E-state index contributed by atoms with van der Waals surface area (Å²) in [5.41, 5.74) is 6.35. The van der Waals surface area contributed by atoms with Crippen LogP contribution in [0, 0.1) is 13.8 Å². The summed E-state index contributed by atoms with van der Waals surface area (Å²) in [7, 11) is 0. The molecule has 0 spiro atoms. The minimum absolute atomic E-state index is 0.140. The maximum absolute atomic E-state index is 11.7. The van der Waals surface area contributed by atoms with Crippen LogP contribution in [0.4, 0.5) is 5.69 Å². The highest BCUT2D eigenvalue weighted by Gasteiger charge is 2.02. The minimum Gasteiger partial charge on any atom is -0.508 e. The lowest BCUT2D eigenvalue weighted by atomic mass is 10.1. The molecular formula is C17H19N3O2. The molecule has 0 radical (unpaired) electrons. The molecule has 1 amide bonds. The lowest BCUT2D eigenvalue weighted by Crippen LogP contribution is -2.26. The quantitative estimate of drug-likeness (QED) is 0.586. The Hall–Kier alpha value is -2.82. The molecule has 0 unspecified atom stereocenters. The van der Waals surface area contributed by atoms with E-state index in [1.165, 1.54) is 11.8 Å². The molecule has 5 nitrogen and oxygen atoms in total. The van der Waals surface area contributed by atoms with Gasteiger partial charge in [0.15, 0.2) is 0 Å². The molecule has 0 atom stereocenters. The van der Waals surface area contributed by atoms with Crippen LogP contribution >= 0.6 is 0 Å². The number of aromatic hydroxyl groups is 1. The van der Waals surface area contributed by atoms with E-state index >= 15 is 0 Å². The Labute approximate surface area is 129 Å². The van der Waals surface area contributed by atoms with Gasteiger partial charge < -0.3 is 10.4 Å². The van der Waals surface area contributed by atoms with Crippen molar-refractivity contribution in [2.24, 2.45) is 5.10 Å². The minimum atomic E-state index is -0.239. The second kappa shape index (κ2) is 7.26. The van der Waals surface area contributed by atoms with Crippen LogP contribution in [0.1, 0.15) is 16.7 Å². The molecule has 0 aliphatic rings. The molecule has 2 aromatic carbocycles. The number of nitrogens with one attached hydrogen (secondary N) is 2. The predicted octanol–water partition coefficient (Wildman–Crippen LogP) is 2.57. The molecule has 0 heterocycles. The maximum Gasteiger partial charge on any atom is 0.259 e. The number of amides is 1. The number of hydrogen-bond donors (Lipinski definition) is 3. The van der Waals surface area contributed by atoms with Gasteiger partial charge in [-0.3, -0.25) is 4.79 Å². The van der Waals surface area contributed by atoms with Crippen LogP contribution in [-0.2, 0) is 4.79 Å². The van der Waals surface area contributed by atoms with E-state index in [1.54, 1.807) is 24.3 Å². The van der Waals surface area contributed by atoms with E-state index < -0.39 is 0 Å². The Morgan fingerprint density at radius 3 is 2.77 bits per heavy atom. The molecule has 5 heteroatoms. The molecule has 0 saturated carbocycles. The third kappa shape index (κ3) is 4.63. The summed E-state index contributed by atoms with van der Waals surface area (Å²) in [6, 6.07) is 12.6. The van der Waals surface area contributed by atoms with Crippen LogP contribution in [0.2, 0.25) is 0 Å². The zero-order chi connectivity index (χ0) is 15.9. The molecule has 3 N–H and O–H groups in total. The Morgan fingerprint density at radius 2 is 2.05 bits per heavy atom. The topological polar surface area (TPSA) is 73.7 Å². The van der Waals surface area contributed by atoms with Gasteiger partial charge in [0.1, 0.15) is 5.75 Å². The van der Waals surface area contributed by atoms with E-state index in [0.29, 0.717) is 5.56 Å². The summed E-state index contributed by atoms with van der Waals surface area (Å²) in [5, 5.41) is 16.2. The molecule has 2 aromatic rings. The van der Waals surface area contributed by atoms with Crippen molar-refractivity contribution in [3.63, 3.8) is 0 Å². The lowest BCUT2D eigenvalue weighted by molar-refractivity contribution is -0.119. The monoisotopic (exact) mass is 297 g/mol. The van der Waals surface area contributed by atoms with Gasteiger partial charge in [0, 0.05) is 5.69 Å². The van der Waals surface area contributed by atoms with Gasteiger partial charge in [0.05, 0.1) is 12.8 Å². The van der Waals surface area contributed by atoms with Gasteiger partial charge in [-0.05, 0) is 43.2 Å². The average molecular weight is 297 g/mol. The molecule has 0 bridgehead atoms. The summed E-state index contributed by atoms with van der Waals surface area (Å²) in [6.07, 6.45) is 1.48. The average Bonchev–Trinajstić information content (AvgIpc) is 2.46. The van der Waals surface area contributed by atoms with Crippen molar-refractivity contribution in [1.29, 1.82) is 0 Å². The highest BCUT2D eigenvalue weighted by atomic mass is 16.3. The number of phenolic OH excluding ortho intramolecular Hbond substituents is 1. The van der Waals surface area contributed by atoms with E-state index in [2.05, 4.69) is 21.9 Å². The van der Waals surface area contributed by atoms with E-state index in [-0.39, 0.29) is 18.2 Å². The molecule has 0 fully saturated rings. The number of carbonyl (C=O) groups excluding carboxylic acids is 1. The SMILES string of the molecule is Cc1ccc(NCC(=O)NN=Cc2cccc(O)c2)c(C)c1. The molecule has 114 valence electrons. The molecule has 22 heavy (non-hydrogen) atoms. The normalized spacial score (nSPS) is 10.6. The van der Waals surface area contributed by atoms with E-state index in [1.807, 2.05) is 26.0 Å². The Morgan fingerprint density at radius 1 is 1.23 bits per heavy atom. The van der Waals surface area contributed by atoms with Crippen LogP contribution in [-0.4, -0.2) is 23.8 Å². The first kappa shape index (κ1) is 15.6. The number of hydrazone groups is 1. The fraction of sp³-hybridized carbons (Fsp3) is 0.176. The molecule has 0 saturated heterocycles. The molecule has 0 aliphatic carbocycles. The predicted molar refractivity (Wildman–Crippen MR) is 88.2 cm³/mol. The standard InChI is InChI=1S/C17H19N3O2/c1-12-6-7-16(13(2)8-12)18-11-17(22)20-19-10-14-4-3-5-15(21)9-14/h3-10,18,21H,11H2,1-2H3,(H,20,22). The zero-order valence-corrected chi connectivity index (χ0v) is 12.6. The molecule has 2 rings (SSSR count). The van der Waals surface area contributed by atoms with Crippen molar-refractivity contribution in [3.8, 4) is 5.75 Å². The van der Waals surface area contributed by atoms with Gasteiger partial charge in [-0.2, -0.15) is 5.10 Å². The first-order valence-electron chi connectivity index (χ1n) is 6.96. The summed E-state index contributed by atoms with van der Waals surface area (Å²) < 4.78 is 0. The first-order valence-corrected chi connectivity index (χ1v) is 6.96. The number of rotatable bonds is 5. The smallest absolute Gasteiger partial charge is 0.259 e. The van der Waals surface area contributed by atoms with Gasteiger partial charge in [-0.1, -0.05) is 29.8 Å². The van der Waals surface area contributed by atoms with E-state index in [9.17, 15) is 9.90 Å². The van der Waals surface area contributed by atoms with Gasteiger partial charge >= 0.3 is 0 Å². The van der Waals surface area contributed by atoms with Crippen molar-refractivity contribution in [2.45, 2.75) is 13.8 Å². The van der Waals surface area contributed by atoms with Gasteiger partial charge in [0.2, 0.25) is 0 Å². The number of anilines is 1. The Balaban J connectivity index is 1.83. The highest BCUT2D eigenvalue weighted by molar-refractivity contribution is 5.84.